The minimum Gasteiger partial charge on any atom is -0.461 e. The van der Waals surface area contributed by atoms with Crippen molar-refractivity contribution in [2.24, 2.45) is 5.92 Å². The molecule has 21 heavy (non-hydrogen) atoms. The zero-order valence-corrected chi connectivity index (χ0v) is 13.5. The lowest BCUT2D eigenvalue weighted by molar-refractivity contribution is -0.140. The van der Waals surface area contributed by atoms with Gasteiger partial charge >= 0.3 is 5.97 Å². The molecule has 1 heterocycles. The maximum atomic E-state index is 12.0. The fourth-order valence-electron chi connectivity index (χ4n) is 2.42. The second-order valence-electron chi connectivity index (χ2n) is 5.12. The normalized spacial score (nSPS) is 23.3. The molecule has 0 bridgehead atoms. The Balaban J connectivity index is 2.17. The minimum atomic E-state index is -0.314. The molecule has 1 aliphatic heterocycles. The lowest BCUT2D eigenvalue weighted by Gasteiger charge is -2.30. The van der Waals surface area contributed by atoms with Crippen molar-refractivity contribution in [2.75, 3.05) is 27.7 Å². The van der Waals surface area contributed by atoms with Crippen LogP contribution in [0.1, 0.15) is 6.92 Å². The Hall–Kier alpha value is -1.69. The van der Waals surface area contributed by atoms with Crippen LogP contribution in [0.5, 0.6) is 0 Å². The molecule has 0 fully saturated rings. The molecule has 2 rings (SSSR count). The lowest BCUT2D eigenvalue weighted by atomic mass is 9.97. The third-order valence-corrected chi connectivity index (χ3v) is 4.61. The van der Waals surface area contributed by atoms with E-state index in [2.05, 4.69) is 0 Å². The number of carbonyl (C=O) groups excluding carboxylic acids is 2. The van der Waals surface area contributed by atoms with E-state index in [1.165, 1.54) is 11.8 Å². The topological polar surface area (TPSA) is 49.9 Å². The van der Waals surface area contributed by atoms with Gasteiger partial charge in [0.25, 0.3) is 5.24 Å². The zero-order chi connectivity index (χ0) is 15.6. The van der Waals surface area contributed by atoms with Crippen LogP contribution >= 0.6 is 11.8 Å². The number of esters is 1. The van der Waals surface area contributed by atoms with Gasteiger partial charge in [-0.3, -0.25) is 4.79 Å². The summed E-state index contributed by atoms with van der Waals surface area (Å²) in [5, 5.41) is -0.0201. The summed E-state index contributed by atoms with van der Waals surface area (Å²) >= 11 is 1.21. The molecule has 2 unspecified atom stereocenters. The molecular weight excluding hydrogens is 288 g/mol. The van der Waals surface area contributed by atoms with Gasteiger partial charge in [0.2, 0.25) is 0 Å². The number of amides is 1. The molecule has 0 spiro atoms. The Morgan fingerprint density at radius 1 is 1.43 bits per heavy atom. The fraction of sp³-hybridized carbons (Fsp3) is 0.467. The summed E-state index contributed by atoms with van der Waals surface area (Å²) in [5.41, 5.74) is 0.558. The van der Waals surface area contributed by atoms with Crippen LogP contribution in [0.25, 0.3) is 0 Å². The van der Waals surface area contributed by atoms with Gasteiger partial charge in [0, 0.05) is 32.0 Å². The van der Waals surface area contributed by atoms with Gasteiger partial charge in [-0.2, -0.15) is 0 Å². The number of likely N-dealkylation sites (N-methyl/N-ethyl adjacent to an activating group) is 1. The first-order valence-corrected chi connectivity index (χ1v) is 7.66. The second kappa shape index (κ2) is 6.39. The summed E-state index contributed by atoms with van der Waals surface area (Å²) in [4.78, 5) is 28.3. The van der Waals surface area contributed by atoms with E-state index in [4.69, 9.17) is 4.74 Å². The highest BCUT2D eigenvalue weighted by Crippen LogP contribution is 2.39. The molecule has 0 aromatic carbocycles. The molecule has 0 saturated carbocycles. The maximum absolute atomic E-state index is 12.0. The predicted octanol–water partition coefficient (Wildman–Crippen LogP) is 2.23. The molecule has 2 atom stereocenters. The summed E-state index contributed by atoms with van der Waals surface area (Å²) in [6.45, 7) is 2.14. The number of fused-ring (bicyclic) bond motifs is 1. The van der Waals surface area contributed by atoms with Crippen LogP contribution in [0.3, 0.4) is 0 Å². The molecular formula is C15H20N2O3S. The summed E-state index contributed by atoms with van der Waals surface area (Å²) in [7, 11) is 5.32. The zero-order valence-electron chi connectivity index (χ0n) is 12.7. The SMILES string of the molecule is CCOC(=O)C1=CC2C=CC=C(SC(=O)N(C)C)C2N1C. The minimum absolute atomic E-state index is 0.0108. The average molecular weight is 308 g/mol. The number of rotatable bonds is 3. The number of ether oxygens (including phenoxy) is 1. The van der Waals surface area contributed by atoms with Gasteiger partial charge in [-0.25, -0.2) is 4.79 Å². The Morgan fingerprint density at radius 2 is 2.14 bits per heavy atom. The van der Waals surface area contributed by atoms with Crippen LogP contribution in [0.2, 0.25) is 0 Å². The summed E-state index contributed by atoms with van der Waals surface area (Å²) < 4.78 is 5.08. The van der Waals surface area contributed by atoms with Crippen LogP contribution in [-0.4, -0.2) is 54.8 Å². The van der Waals surface area contributed by atoms with E-state index in [0.29, 0.717) is 12.3 Å². The number of thioether (sulfide) groups is 1. The molecule has 0 aromatic rings. The molecule has 2 aliphatic rings. The fourth-order valence-corrected chi connectivity index (χ4v) is 3.39. The highest BCUT2D eigenvalue weighted by atomic mass is 32.2. The molecule has 5 nitrogen and oxygen atoms in total. The number of hydrogen-bond donors (Lipinski definition) is 0. The first-order valence-electron chi connectivity index (χ1n) is 6.85. The van der Waals surface area contributed by atoms with Crippen molar-refractivity contribution in [1.82, 2.24) is 9.80 Å². The molecule has 6 heteroatoms. The quantitative estimate of drug-likeness (QED) is 0.748. The number of hydrogen-bond acceptors (Lipinski definition) is 5. The smallest absolute Gasteiger partial charge is 0.354 e. The Morgan fingerprint density at radius 3 is 2.76 bits per heavy atom. The Kier molecular flexibility index (Phi) is 4.77. The van der Waals surface area contributed by atoms with E-state index in [0.717, 1.165) is 4.91 Å². The average Bonchev–Trinajstić information content (AvgIpc) is 2.77. The summed E-state index contributed by atoms with van der Waals surface area (Å²) in [6, 6.07) is -0.0108. The van der Waals surface area contributed by atoms with Crippen molar-refractivity contribution in [3.8, 4) is 0 Å². The number of allylic oxidation sites excluding steroid dienone is 2. The molecule has 0 N–H and O–H groups in total. The number of nitrogens with zero attached hydrogens (tertiary/aromatic N) is 2. The van der Waals surface area contributed by atoms with Crippen molar-refractivity contribution in [3.05, 3.63) is 34.9 Å². The van der Waals surface area contributed by atoms with Gasteiger partial charge in [-0.05, 0) is 24.8 Å². The van der Waals surface area contributed by atoms with Crippen molar-refractivity contribution in [2.45, 2.75) is 13.0 Å². The summed E-state index contributed by atoms with van der Waals surface area (Å²) in [6.07, 6.45) is 7.82. The lowest BCUT2D eigenvalue weighted by Crippen LogP contribution is -2.35. The van der Waals surface area contributed by atoms with E-state index in [-0.39, 0.29) is 23.2 Å². The van der Waals surface area contributed by atoms with Gasteiger partial charge < -0.3 is 14.5 Å². The van der Waals surface area contributed by atoms with E-state index < -0.39 is 0 Å². The van der Waals surface area contributed by atoms with Crippen LogP contribution in [0.4, 0.5) is 4.79 Å². The van der Waals surface area contributed by atoms with Crippen LogP contribution < -0.4 is 0 Å². The molecule has 0 aromatic heterocycles. The summed E-state index contributed by atoms with van der Waals surface area (Å²) in [5.74, 6) is -0.219. The van der Waals surface area contributed by atoms with Gasteiger partial charge in [0.15, 0.2) is 0 Å². The first-order chi connectivity index (χ1) is 9.95. The van der Waals surface area contributed by atoms with E-state index in [1.807, 2.05) is 36.3 Å². The van der Waals surface area contributed by atoms with Crippen molar-refractivity contribution < 1.29 is 14.3 Å². The van der Waals surface area contributed by atoms with Gasteiger partial charge in [-0.15, -0.1) is 0 Å². The molecule has 1 aliphatic carbocycles. The molecule has 0 radical (unpaired) electrons. The highest BCUT2D eigenvalue weighted by molar-refractivity contribution is 8.16. The van der Waals surface area contributed by atoms with Gasteiger partial charge in [-0.1, -0.05) is 18.2 Å². The van der Waals surface area contributed by atoms with Crippen molar-refractivity contribution >= 4 is 23.0 Å². The third kappa shape index (κ3) is 3.15. The van der Waals surface area contributed by atoms with E-state index >= 15 is 0 Å². The number of carbonyl (C=O) groups is 2. The molecule has 114 valence electrons. The van der Waals surface area contributed by atoms with E-state index in [1.54, 1.807) is 25.9 Å². The standard InChI is InChI=1S/C15H20N2O3S/c1-5-20-14(18)11-9-10-7-6-8-12(13(10)17(11)4)21-15(19)16(2)3/h6-10,13H,5H2,1-4H3. The predicted molar refractivity (Wildman–Crippen MR) is 83.7 cm³/mol. The molecule has 1 amide bonds. The van der Waals surface area contributed by atoms with Crippen LogP contribution in [0, 0.1) is 5.92 Å². The van der Waals surface area contributed by atoms with Crippen LogP contribution in [-0.2, 0) is 9.53 Å². The van der Waals surface area contributed by atoms with Gasteiger partial charge in [0.1, 0.15) is 5.70 Å². The highest BCUT2D eigenvalue weighted by Gasteiger charge is 2.38. The third-order valence-electron chi connectivity index (χ3n) is 3.45. The van der Waals surface area contributed by atoms with Crippen LogP contribution in [0.15, 0.2) is 34.9 Å². The molecule has 0 saturated heterocycles. The Labute approximate surface area is 129 Å². The van der Waals surface area contributed by atoms with Crippen molar-refractivity contribution in [1.29, 1.82) is 0 Å². The van der Waals surface area contributed by atoms with Gasteiger partial charge in [0.05, 0.1) is 12.6 Å². The van der Waals surface area contributed by atoms with Crippen molar-refractivity contribution in [3.63, 3.8) is 0 Å². The maximum Gasteiger partial charge on any atom is 0.354 e. The monoisotopic (exact) mass is 308 g/mol. The Bertz CT molecular complexity index is 537. The second-order valence-corrected chi connectivity index (χ2v) is 6.15. The van der Waals surface area contributed by atoms with E-state index in [9.17, 15) is 9.59 Å². The largest absolute Gasteiger partial charge is 0.461 e. The first kappa shape index (κ1) is 15.7.